The van der Waals surface area contributed by atoms with Crippen LogP contribution < -0.4 is 20.1 Å². The standard InChI is InChI=1S/C16H20F2N6O2/c1-2-10-5-11(3-4-19-7-10)25-15-9-20-8-13(22-15)21-12-6-14(24-23-12)26-16(17)18/h2,6,8-11,16,19H,1,3-5,7H2,(H2,21,22,23,24)/t10-,11-/m0/s1. The Labute approximate surface area is 149 Å². The van der Waals surface area contributed by atoms with E-state index in [1.165, 1.54) is 18.5 Å². The summed E-state index contributed by atoms with van der Waals surface area (Å²) in [6.07, 6.45) is 6.67. The first-order valence-electron chi connectivity index (χ1n) is 8.21. The van der Waals surface area contributed by atoms with Crippen molar-refractivity contribution < 1.29 is 18.3 Å². The van der Waals surface area contributed by atoms with Gasteiger partial charge in [-0.15, -0.1) is 11.7 Å². The minimum atomic E-state index is -2.93. The van der Waals surface area contributed by atoms with E-state index in [1.54, 1.807) is 0 Å². The molecule has 3 N–H and O–H groups in total. The lowest BCUT2D eigenvalue weighted by Crippen LogP contribution is -2.20. The van der Waals surface area contributed by atoms with Crippen LogP contribution in [-0.4, -0.2) is 46.0 Å². The van der Waals surface area contributed by atoms with Gasteiger partial charge in [0.1, 0.15) is 11.9 Å². The largest absolute Gasteiger partial charge is 0.473 e. The highest BCUT2D eigenvalue weighted by Crippen LogP contribution is 2.22. The summed E-state index contributed by atoms with van der Waals surface area (Å²) in [7, 11) is 0. The first kappa shape index (κ1) is 18.1. The molecule has 0 unspecified atom stereocenters. The first-order chi connectivity index (χ1) is 12.6. The predicted molar refractivity (Wildman–Crippen MR) is 90.7 cm³/mol. The molecule has 2 aromatic rings. The normalized spacial score (nSPS) is 20.4. The van der Waals surface area contributed by atoms with Gasteiger partial charge >= 0.3 is 6.61 Å². The SMILES string of the molecule is C=C[C@@H]1CNCC[C@H](Oc2cncc(Nc3cc(OC(F)F)n[nH]3)n2)C1. The van der Waals surface area contributed by atoms with Crippen LogP contribution in [0.4, 0.5) is 20.4 Å². The lowest BCUT2D eigenvalue weighted by atomic mass is 10.0. The Bertz CT molecular complexity index is 726. The van der Waals surface area contributed by atoms with Gasteiger partial charge in [-0.1, -0.05) is 6.08 Å². The fourth-order valence-electron chi connectivity index (χ4n) is 2.67. The Kier molecular flexibility index (Phi) is 5.95. The zero-order chi connectivity index (χ0) is 18.4. The number of halogens is 2. The molecule has 0 aliphatic carbocycles. The lowest BCUT2D eigenvalue weighted by molar-refractivity contribution is -0.0528. The van der Waals surface area contributed by atoms with Crippen LogP contribution >= 0.6 is 0 Å². The van der Waals surface area contributed by atoms with E-state index >= 15 is 0 Å². The van der Waals surface area contributed by atoms with Crippen LogP contribution in [0.25, 0.3) is 0 Å². The number of aromatic nitrogens is 4. The second kappa shape index (κ2) is 8.56. The number of ether oxygens (including phenoxy) is 2. The first-order valence-corrected chi connectivity index (χ1v) is 8.21. The van der Waals surface area contributed by atoms with Crippen molar-refractivity contribution in [2.24, 2.45) is 5.92 Å². The molecule has 3 rings (SSSR count). The molecule has 0 aromatic carbocycles. The summed E-state index contributed by atoms with van der Waals surface area (Å²) in [5.74, 6) is 1.24. The molecule has 0 spiro atoms. The number of anilines is 2. The van der Waals surface area contributed by atoms with Crippen LogP contribution in [0.3, 0.4) is 0 Å². The molecule has 10 heteroatoms. The van der Waals surface area contributed by atoms with Crippen LogP contribution in [-0.2, 0) is 0 Å². The van der Waals surface area contributed by atoms with E-state index < -0.39 is 6.61 Å². The van der Waals surface area contributed by atoms with Crippen molar-refractivity contribution in [1.29, 1.82) is 0 Å². The van der Waals surface area contributed by atoms with Gasteiger partial charge in [-0.2, -0.15) is 13.8 Å². The zero-order valence-electron chi connectivity index (χ0n) is 14.0. The van der Waals surface area contributed by atoms with Crippen molar-refractivity contribution in [3.63, 3.8) is 0 Å². The Morgan fingerprint density at radius 2 is 2.23 bits per heavy atom. The zero-order valence-corrected chi connectivity index (χ0v) is 14.0. The Balaban J connectivity index is 1.62. The molecule has 2 atom stereocenters. The number of hydrogen-bond donors (Lipinski definition) is 3. The molecule has 1 aliphatic rings. The van der Waals surface area contributed by atoms with Gasteiger partial charge in [0.2, 0.25) is 11.8 Å². The van der Waals surface area contributed by atoms with Gasteiger partial charge in [-0.05, 0) is 25.3 Å². The van der Waals surface area contributed by atoms with E-state index in [2.05, 4.69) is 42.1 Å². The van der Waals surface area contributed by atoms with Crippen molar-refractivity contribution in [2.45, 2.75) is 25.6 Å². The van der Waals surface area contributed by atoms with Gasteiger partial charge in [0.15, 0.2) is 5.82 Å². The number of aromatic amines is 1. The third kappa shape index (κ3) is 5.12. The molecule has 0 saturated carbocycles. The quantitative estimate of drug-likeness (QED) is 0.648. The third-order valence-electron chi connectivity index (χ3n) is 3.88. The van der Waals surface area contributed by atoms with E-state index in [9.17, 15) is 8.78 Å². The molecule has 8 nitrogen and oxygen atoms in total. The maximum Gasteiger partial charge on any atom is 0.388 e. The molecular formula is C16H20F2N6O2. The summed E-state index contributed by atoms with van der Waals surface area (Å²) in [6.45, 7) is 2.66. The minimum absolute atomic E-state index is 0.00995. The van der Waals surface area contributed by atoms with Crippen molar-refractivity contribution in [1.82, 2.24) is 25.5 Å². The molecule has 26 heavy (non-hydrogen) atoms. The molecule has 1 saturated heterocycles. The van der Waals surface area contributed by atoms with Gasteiger partial charge in [-0.25, -0.2) is 0 Å². The fourth-order valence-corrected chi connectivity index (χ4v) is 2.67. The van der Waals surface area contributed by atoms with E-state index in [4.69, 9.17) is 4.74 Å². The van der Waals surface area contributed by atoms with Gasteiger partial charge < -0.3 is 20.1 Å². The second-order valence-electron chi connectivity index (χ2n) is 5.83. The number of rotatable bonds is 7. The summed E-state index contributed by atoms with van der Waals surface area (Å²) in [4.78, 5) is 8.43. The molecular weight excluding hydrogens is 346 g/mol. The van der Waals surface area contributed by atoms with Crippen molar-refractivity contribution in [2.75, 3.05) is 18.4 Å². The topological polar surface area (TPSA) is 97.0 Å². The van der Waals surface area contributed by atoms with E-state index in [1.807, 2.05) is 6.08 Å². The molecule has 1 aliphatic heterocycles. The highest BCUT2D eigenvalue weighted by molar-refractivity contribution is 5.51. The number of H-pyrrole nitrogens is 1. The van der Waals surface area contributed by atoms with Crippen LogP contribution in [0.5, 0.6) is 11.8 Å². The summed E-state index contributed by atoms with van der Waals surface area (Å²) in [5.41, 5.74) is 0. The van der Waals surface area contributed by atoms with Gasteiger partial charge in [0.05, 0.1) is 12.4 Å². The van der Waals surface area contributed by atoms with Crippen LogP contribution in [0.2, 0.25) is 0 Å². The number of alkyl halides is 2. The summed E-state index contributed by atoms with van der Waals surface area (Å²) < 4.78 is 34.5. The van der Waals surface area contributed by atoms with E-state index in [0.717, 1.165) is 25.9 Å². The smallest absolute Gasteiger partial charge is 0.388 e. The molecule has 0 bridgehead atoms. The summed E-state index contributed by atoms with van der Waals surface area (Å²) >= 11 is 0. The van der Waals surface area contributed by atoms with Gasteiger partial charge in [0.25, 0.3) is 0 Å². The molecule has 1 fully saturated rings. The van der Waals surface area contributed by atoms with Crippen molar-refractivity contribution in [3.05, 3.63) is 31.1 Å². The predicted octanol–water partition coefficient (Wildman–Crippen LogP) is 2.48. The lowest BCUT2D eigenvalue weighted by Gasteiger charge is -2.18. The third-order valence-corrected chi connectivity index (χ3v) is 3.88. The highest BCUT2D eigenvalue weighted by Gasteiger charge is 2.20. The average Bonchev–Trinajstić information content (AvgIpc) is 2.90. The Morgan fingerprint density at radius 1 is 1.35 bits per heavy atom. The molecule has 140 valence electrons. The van der Waals surface area contributed by atoms with E-state index in [0.29, 0.717) is 23.4 Å². The number of nitrogens with zero attached hydrogens (tertiary/aromatic N) is 3. The molecule has 2 aromatic heterocycles. The minimum Gasteiger partial charge on any atom is -0.473 e. The number of hydrogen-bond acceptors (Lipinski definition) is 7. The van der Waals surface area contributed by atoms with Crippen LogP contribution in [0.15, 0.2) is 31.1 Å². The van der Waals surface area contributed by atoms with Crippen LogP contribution in [0.1, 0.15) is 12.8 Å². The van der Waals surface area contributed by atoms with Crippen molar-refractivity contribution in [3.8, 4) is 11.8 Å². The van der Waals surface area contributed by atoms with E-state index in [-0.39, 0.29) is 12.0 Å². The summed E-state index contributed by atoms with van der Waals surface area (Å²) in [5, 5.41) is 12.4. The fraction of sp³-hybridized carbons (Fsp3) is 0.438. The highest BCUT2D eigenvalue weighted by atomic mass is 19.3. The molecule has 0 amide bonds. The monoisotopic (exact) mass is 366 g/mol. The maximum absolute atomic E-state index is 12.2. The Morgan fingerprint density at radius 3 is 3.04 bits per heavy atom. The van der Waals surface area contributed by atoms with Gasteiger partial charge in [0, 0.05) is 12.6 Å². The van der Waals surface area contributed by atoms with Crippen molar-refractivity contribution >= 4 is 11.6 Å². The number of nitrogens with one attached hydrogen (secondary N) is 3. The second-order valence-corrected chi connectivity index (χ2v) is 5.83. The molecule has 0 radical (unpaired) electrons. The Hall–Kier alpha value is -2.75. The van der Waals surface area contributed by atoms with Gasteiger partial charge in [-0.3, -0.25) is 10.1 Å². The maximum atomic E-state index is 12.2. The van der Waals surface area contributed by atoms with Crippen LogP contribution in [0, 0.1) is 5.92 Å². The average molecular weight is 366 g/mol. The molecule has 3 heterocycles. The summed E-state index contributed by atoms with van der Waals surface area (Å²) in [6, 6.07) is 1.30.